The summed E-state index contributed by atoms with van der Waals surface area (Å²) in [4.78, 5) is 41.0. The van der Waals surface area contributed by atoms with E-state index in [4.69, 9.17) is 9.47 Å². The first-order chi connectivity index (χ1) is 17.5. The molecule has 2 aromatic carbocycles. The summed E-state index contributed by atoms with van der Waals surface area (Å²) < 4.78 is 11.3. The van der Waals surface area contributed by atoms with Crippen molar-refractivity contribution in [1.82, 2.24) is 4.90 Å². The fourth-order valence-corrected chi connectivity index (χ4v) is 6.05. The molecule has 0 radical (unpaired) electrons. The van der Waals surface area contributed by atoms with Gasteiger partial charge in [0.15, 0.2) is 12.1 Å². The number of fused-ring (bicyclic) bond motifs is 1. The number of thiophene rings is 1. The highest BCUT2D eigenvalue weighted by molar-refractivity contribution is 8.03. The summed E-state index contributed by atoms with van der Waals surface area (Å²) >= 11 is 2.96. The lowest BCUT2D eigenvalue weighted by Crippen LogP contribution is -2.62. The first kappa shape index (κ1) is 24.1. The minimum Gasteiger partial charge on any atom is -0.461 e. The van der Waals surface area contributed by atoms with E-state index in [9.17, 15) is 14.4 Å². The zero-order valence-electron chi connectivity index (χ0n) is 19.4. The molecular formula is C28H23NO5S2. The molecule has 0 spiro atoms. The van der Waals surface area contributed by atoms with Crippen LogP contribution in [0.4, 0.5) is 0 Å². The summed E-state index contributed by atoms with van der Waals surface area (Å²) in [5.74, 6) is -1.26. The van der Waals surface area contributed by atoms with Crippen LogP contribution in [0.2, 0.25) is 0 Å². The van der Waals surface area contributed by atoms with Crippen LogP contribution in [0, 0.1) is 0 Å². The number of benzene rings is 2. The van der Waals surface area contributed by atoms with E-state index in [0.717, 1.165) is 16.0 Å². The lowest BCUT2D eigenvalue weighted by Gasteiger charge is -2.48. The fraction of sp³-hybridized carbons (Fsp3) is 0.179. The number of rotatable bonds is 7. The summed E-state index contributed by atoms with van der Waals surface area (Å²) in [6.45, 7) is 1.22. The van der Waals surface area contributed by atoms with E-state index in [1.807, 2.05) is 89.7 Å². The molecule has 182 valence electrons. The van der Waals surface area contributed by atoms with Crippen molar-refractivity contribution in [3.05, 3.63) is 111 Å². The molecule has 2 aliphatic heterocycles. The zero-order chi connectivity index (χ0) is 25.1. The third-order valence-corrected chi connectivity index (χ3v) is 7.92. The molecule has 1 amide bonds. The second kappa shape index (κ2) is 10.6. The summed E-state index contributed by atoms with van der Waals surface area (Å²) in [5.41, 5.74) is 2.78. The van der Waals surface area contributed by atoms with Crippen molar-refractivity contribution in [2.24, 2.45) is 0 Å². The Bertz CT molecular complexity index is 1280. The van der Waals surface area contributed by atoms with Crippen LogP contribution < -0.4 is 0 Å². The van der Waals surface area contributed by atoms with Crippen molar-refractivity contribution < 1.29 is 23.9 Å². The van der Waals surface area contributed by atoms with Gasteiger partial charge in [-0.25, -0.2) is 4.79 Å². The standard InChI is InChI=1S/C28H23NO5S2/c1-18(30)33-16-21-17-36-27-23(15-22-13-8-14-35-22)26(31)29(27)24(21)28(32)34-25(19-9-4-2-5-10-19)20-11-6-3-7-12-20/h2-15,17,24-25,27H,16H2,1H3/b23-15+/t24-,27-/m1/s1. The van der Waals surface area contributed by atoms with Gasteiger partial charge in [0.05, 0.1) is 5.57 Å². The Morgan fingerprint density at radius 3 is 2.25 bits per heavy atom. The normalized spacial score (nSPS) is 19.9. The number of nitrogens with zero attached hydrogens (tertiary/aromatic N) is 1. The number of amides is 1. The molecule has 6 nitrogen and oxygen atoms in total. The predicted molar refractivity (Wildman–Crippen MR) is 140 cm³/mol. The SMILES string of the molecule is CC(=O)OCC1=CS[C@@H]2/C(=C/c3cccs3)C(=O)N2[C@H]1C(=O)OC(c1ccccc1)c1ccccc1. The van der Waals surface area contributed by atoms with E-state index in [1.165, 1.54) is 23.6 Å². The molecule has 8 heteroatoms. The number of hydrogen-bond donors (Lipinski definition) is 0. The second-order valence-corrected chi connectivity index (χ2v) is 10.3. The van der Waals surface area contributed by atoms with Crippen LogP contribution >= 0.6 is 23.1 Å². The maximum atomic E-state index is 13.7. The van der Waals surface area contributed by atoms with Crippen molar-refractivity contribution in [2.45, 2.75) is 24.4 Å². The van der Waals surface area contributed by atoms with Crippen molar-refractivity contribution in [2.75, 3.05) is 6.61 Å². The molecule has 3 aromatic rings. The van der Waals surface area contributed by atoms with Crippen molar-refractivity contribution >= 4 is 47.0 Å². The van der Waals surface area contributed by atoms with E-state index in [-0.39, 0.29) is 17.9 Å². The zero-order valence-corrected chi connectivity index (χ0v) is 21.0. The van der Waals surface area contributed by atoms with Crippen LogP contribution in [0.3, 0.4) is 0 Å². The molecule has 2 atom stereocenters. The quantitative estimate of drug-likeness (QED) is 0.244. The molecule has 3 heterocycles. The number of ether oxygens (including phenoxy) is 2. The van der Waals surface area contributed by atoms with Crippen LogP contribution in [0.25, 0.3) is 6.08 Å². The number of hydrogen-bond acceptors (Lipinski definition) is 7. The van der Waals surface area contributed by atoms with Gasteiger partial charge in [-0.3, -0.25) is 9.59 Å². The predicted octanol–water partition coefficient (Wildman–Crippen LogP) is 5.20. The number of esters is 2. The van der Waals surface area contributed by atoms with Crippen LogP contribution in [0.1, 0.15) is 29.0 Å². The van der Waals surface area contributed by atoms with Gasteiger partial charge in [-0.2, -0.15) is 0 Å². The van der Waals surface area contributed by atoms with Crippen LogP contribution in [0.15, 0.2) is 94.7 Å². The van der Waals surface area contributed by atoms with Crippen LogP contribution in [0.5, 0.6) is 0 Å². The molecule has 36 heavy (non-hydrogen) atoms. The first-order valence-electron chi connectivity index (χ1n) is 11.4. The first-order valence-corrected chi connectivity index (χ1v) is 13.2. The molecule has 0 N–H and O–H groups in total. The van der Waals surface area contributed by atoms with Gasteiger partial charge >= 0.3 is 11.9 Å². The monoisotopic (exact) mass is 517 g/mol. The van der Waals surface area contributed by atoms with Gasteiger partial charge in [-0.15, -0.1) is 23.1 Å². The Hall–Kier alpha value is -3.62. The van der Waals surface area contributed by atoms with Gasteiger partial charge in [0.2, 0.25) is 0 Å². The minimum atomic E-state index is -0.987. The minimum absolute atomic E-state index is 0.0933. The molecule has 0 unspecified atom stereocenters. The van der Waals surface area contributed by atoms with Gasteiger partial charge in [-0.1, -0.05) is 66.7 Å². The Kier molecular flexibility index (Phi) is 7.06. The molecule has 1 saturated heterocycles. The fourth-order valence-electron chi connectivity index (χ4n) is 4.22. The van der Waals surface area contributed by atoms with Crippen LogP contribution in [-0.4, -0.2) is 40.8 Å². The molecule has 0 bridgehead atoms. The van der Waals surface area contributed by atoms with Crippen molar-refractivity contribution in [3.8, 4) is 0 Å². The number of carbonyl (C=O) groups is 3. The summed E-state index contributed by atoms with van der Waals surface area (Å²) in [6.07, 6.45) is 1.21. The van der Waals surface area contributed by atoms with Crippen molar-refractivity contribution in [1.29, 1.82) is 0 Å². The average molecular weight is 518 g/mol. The van der Waals surface area contributed by atoms with Gasteiger partial charge < -0.3 is 14.4 Å². The Morgan fingerprint density at radius 1 is 1.00 bits per heavy atom. The molecule has 0 saturated carbocycles. The van der Waals surface area contributed by atoms with Gasteiger partial charge in [-0.05, 0) is 34.1 Å². The van der Waals surface area contributed by atoms with E-state index in [0.29, 0.717) is 11.1 Å². The highest BCUT2D eigenvalue weighted by Gasteiger charge is 2.52. The third kappa shape index (κ3) is 4.87. The molecular weight excluding hydrogens is 494 g/mol. The maximum absolute atomic E-state index is 13.7. The van der Waals surface area contributed by atoms with Gasteiger partial charge in [0.25, 0.3) is 5.91 Å². The Morgan fingerprint density at radius 2 is 1.67 bits per heavy atom. The van der Waals surface area contributed by atoms with Gasteiger partial charge in [0, 0.05) is 17.4 Å². The second-order valence-electron chi connectivity index (χ2n) is 8.33. The average Bonchev–Trinajstić information content (AvgIpc) is 3.43. The molecule has 1 aromatic heterocycles. The van der Waals surface area contributed by atoms with Crippen LogP contribution in [-0.2, 0) is 23.9 Å². The molecule has 0 aliphatic carbocycles. The maximum Gasteiger partial charge on any atom is 0.334 e. The van der Waals surface area contributed by atoms with E-state index < -0.39 is 24.1 Å². The third-order valence-electron chi connectivity index (χ3n) is 5.92. The number of β-lactam (4-membered cyclic amide) rings is 1. The highest BCUT2D eigenvalue weighted by atomic mass is 32.2. The lowest BCUT2D eigenvalue weighted by molar-refractivity contribution is -0.159. The number of thioether (sulfide) groups is 1. The molecule has 2 aliphatic rings. The van der Waals surface area contributed by atoms with E-state index >= 15 is 0 Å². The lowest BCUT2D eigenvalue weighted by atomic mass is 9.96. The highest BCUT2D eigenvalue weighted by Crippen LogP contribution is 2.45. The Balaban J connectivity index is 1.46. The summed E-state index contributed by atoms with van der Waals surface area (Å²) in [7, 11) is 0. The summed E-state index contributed by atoms with van der Waals surface area (Å²) in [6, 6.07) is 21.8. The largest absolute Gasteiger partial charge is 0.461 e. The van der Waals surface area contributed by atoms with Crippen molar-refractivity contribution in [3.63, 3.8) is 0 Å². The smallest absolute Gasteiger partial charge is 0.334 e. The van der Waals surface area contributed by atoms with E-state index in [1.54, 1.807) is 11.3 Å². The van der Waals surface area contributed by atoms with Gasteiger partial charge in [0.1, 0.15) is 12.0 Å². The number of carbonyl (C=O) groups excluding carboxylic acids is 3. The van der Waals surface area contributed by atoms with E-state index in [2.05, 4.69) is 0 Å². The Labute approximate surface area is 217 Å². The summed E-state index contributed by atoms with van der Waals surface area (Å²) in [5, 5.41) is 3.45. The molecule has 5 rings (SSSR count). The topological polar surface area (TPSA) is 72.9 Å². The molecule has 1 fully saturated rings.